The molecule has 0 spiro atoms. The van der Waals surface area contributed by atoms with Crippen LogP contribution in [0.3, 0.4) is 0 Å². The molecule has 104 valence electrons. The number of rotatable bonds is 4. The summed E-state index contributed by atoms with van der Waals surface area (Å²) >= 11 is 0. The van der Waals surface area contributed by atoms with Gasteiger partial charge in [-0.2, -0.15) is 5.26 Å². The van der Waals surface area contributed by atoms with Gasteiger partial charge in [-0.05, 0) is 35.9 Å². The summed E-state index contributed by atoms with van der Waals surface area (Å²) in [6.45, 7) is 0. The Morgan fingerprint density at radius 2 is 1.81 bits per heavy atom. The number of hydrogen-bond acceptors (Lipinski definition) is 4. The van der Waals surface area contributed by atoms with Gasteiger partial charge in [-0.25, -0.2) is 4.79 Å². The average Bonchev–Trinajstić information content (AvgIpc) is 2.53. The van der Waals surface area contributed by atoms with Crippen molar-refractivity contribution < 1.29 is 14.3 Å². The highest BCUT2D eigenvalue weighted by Crippen LogP contribution is 2.17. The summed E-state index contributed by atoms with van der Waals surface area (Å²) in [6, 6.07) is 17.5. The van der Waals surface area contributed by atoms with E-state index in [0.717, 1.165) is 0 Å². The Morgan fingerprint density at radius 1 is 1.10 bits per heavy atom. The van der Waals surface area contributed by atoms with Crippen molar-refractivity contribution in [2.45, 2.75) is 0 Å². The van der Waals surface area contributed by atoms with Crippen LogP contribution >= 0.6 is 0 Å². The first-order valence-electron chi connectivity index (χ1n) is 6.26. The molecule has 0 radical (unpaired) electrons. The molecule has 0 heterocycles. The van der Waals surface area contributed by atoms with Gasteiger partial charge in [-0.15, -0.1) is 0 Å². The molecule has 0 amide bonds. The number of nitriles is 1. The SMILES string of the molecule is COc1cccc(C=C(C#N)C(=O)Oc2ccccc2)c1. The van der Waals surface area contributed by atoms with Crippen LogP contribution < -0.4 is 9.47 Å². The Kier molecular flexibility index (Phi) is 4.73. The van der Waals surface area contributed by atoms with Crippen molar-refractivity contribution in [2.75, 3.05) is 7.11 Å². The van der Waals surface area contributed by atoms with Crippen molar-refractivity contribution in [1.29, 1.82) is 5.26 Å². The summed E-state index contributed by atoms with van der Waals surface area (Å²) in [4.78, 5) is 12.0. The van der Waals surface area contributed by atoms with Crippen molar-refractivity contribution in [2.24, 2.45) is 0 Å². The lowest BCUT2D eigenvalue weighted by molar-refractivity contribution is -0.129. The maximum atomic E-state index is 12.0. The maximum Gasteiger partial charge on any atom is 0.354 e. The highest BCUT2D eigenvalue weighted by Gasteiger charge is 2.12. The maximum absolute atomic E-state index is 12.0. The normalized spacial score (nSPS) is 10.6. The molecule has 0 aliphatic heterocycles. The number of carbonyl (C=O) groups is 1. The lowest BCUT2D eigenvalue weighted by Gasteiger charge is -2.03. The minimum absolute atomic E-state index is 0.0768. The minimum Gasteiger partial charge on any atom is -0.497 e. The molecule has 4 heteroatoms. The molecule has 0 N–H and O–H groups in total. The summed E-state index contributed by atoms with van der Waals surface area (Å²) in [6.07, 6.45) is 1.47. The van der Waals surface area contributed by atoms with Gasteiger partial charge < -0.3 is 9.47 Å². The van der Waals surface area contributed by atoms with E-state index in [1.54, 1.807) is 55.6 Å². The van der Waals surface area contributed by atoms with Gasteiger partial charge in [0.05, 0.1) is 7.11 Å². The van der Waals surface area contributed by atoms with Crippen LogP contribution in [0.15, 0.2) is 60.2 Å². The number of para-hydroxylation sites is 1. The van der Waals surface area contributed by atoms with Crippen molar-refractivity contribution in [3.63, 3.8) is 0 Å². The molecule has 2 rings (SSSR count). The first kappa shape index (κ1) is 14.4. The third-order valence-corrected chi connectivity index (χ3v) is 2.70. The van der Waals surface area contributed by atoms with Crippen LogP contribution in [0.25, 0.3) is 6.08 Å². The largest absolute Gasteiger partial charge is 0.497 e. The Morgan fingerprint density at radius 3 is 2.48 bits per heavy atom. The Bertz CT molecular complexity index is 699. The average molecular weight is 279 g/mol. The molecular formula is C17H13NO3. The van der Waals surface area contributed by atoms with E-state index in [0.29, 0.717) is 17.1 Å². The first-order valence-corrected chi connectivity index (χ1v) is 6.26. The lowest BCUT2D eigenvalue weighted by Crippen LogP contribution is -2.09. The molecule has 0 fully saturated rings. The van der Waals surface area contributed by atoms with E-state index in [1.165, 1.54) is 6.08 Å². The van der Waals surface area contributed by atoms with Crippen molar-refractivity contribution in [3.05, 3.63) is 65.7 Å². The van der Waals surface area contributed by atoms with Crippen LogP contribution in [0, 0.1) is 11.3 Å². The standard InChI is InChI=1S/C17H13NO3/c1-20-16-9-5-6-13(11-16)10-14(12-18)17(19)21-15-7-3-2-4-8-15/h2-11H,1H3. The van der Waals surface area contributed by atoms with Crippen molar-refractivity contribution in [3.8, 4) is 17.6 Å². The van der Waals surface area contributed by atoms with Crippen LogP contribution in [0.1, 0.15) is 5.56 Å². The number of benzene rings is 2. The van der Waals surface area contributed by atoms with Crippen molar-refractivity contribution in [1.82, 2.24) is 0 Å². The molecule has 0 saturated heterocycles. The van der Waals surface area contributed by atoms with Gasteiger partial charge in [0.25, 0.3) is 0 Å². The monoisotopic (exact) mass is 279 g/mol. The summed E-state index contributed by atoms with van der Waals surface area (Å²) in [7, 11) is 1.55. The van der Waals surface area contributed by atoms with E-state index in [2.05, 4.69) is 0 Å². The summed E-state index contributed by atoms with van der Waals surface area (Å²) in [5.74, 6) is 0.360. The number of ether oxygens (including phenoxy) is 2. The Balaban J connectivity index is 2.20. The predicted octanol–water partition coefficient (Wildman–Crippen LogP) is 3.21. The fraction of sp³-hybridized carbons (Fsp3) is 0.0588. The first-order chi connectivity index (χ1) is 10.2. The molecule has 0 atom stereocenters. The quantitative estimate of drug-likeness (QED) is 0.373. The molecule has 0 unspecified atom stereocenters. The zero-order chi connectivity index (χ0) is 15.1. The van der Waals surface area contributed by atoms with Gasteiger partial charge in [0.15, 0.2) is 0 Å². The predicted molar refractivity (Wildman–Crippen MR) is 78.7 cm³/mol. The molecule has 0 aliphatic rings. The van der Waals surface area contributed by atoms with Crippen LogP contribution in [0.5, 0.6) is 11.5 Å². The van der Waals surface area contributed by atoms with E-state index in [1.807, 2.05) is 12.1 Å². The van der Waals surface area contributed by atoms with Gasteiger partial charge >= 0.3 is 5.97 Å². The van der Waals surface area contributed by atoms with Gasteiger partial charge in [0.2, 0.25) is 0 Å². The van der Waals surface area contributed by atoms with E-state index in [9.17, 15) is 4.79 Å². The smallest absolute Gasteiger partial charge is 0.354 e. The minimum atomic E-state index is -0.688. The number of methoxy groups -OCH3 is 1. The third kappa shape index (κ3) is 3.95. The number of esters is 1. The van der Waals surface area contributed by atoms with E-state index >= 15 is 0 Å². The number of hydrogen-bond donors (Lipinski definition) is 0. The highest BCUT2D eigenvalue weighted by atomic mass is 16.5. The molecular weight excluding hydrogens is 266 g/mol. The second kappa shape index (κ2) is 6.92. The lowest BCUT2D eigenvalue weighted by atomic mass is 10.1. The molecule has 0 bridgehead atoms. The van der Waals surface area contributed by atoms with Gasteiger partial charge in [-0.1, -0.05) is 30.3 Å². The Labute approximate surface area is 122 Å². The number of carbonyl (C=O) groups excluding carboxylic acids is 1. The van der Waals surface area contributed by atoms with Crippen LogP contribution in [-0.2, 0) is 4.79 Å². The summed E-state index contributed by atoms with van der Waals surface area (Å²) in [5.41, 5.74) is 0.614. The second-order valence-electron chi connectivity index (χ2n) is 4.15. The zero-order valence-corrected chi connectivity index (χ0v) is 11.4. The summed E-state index contributed by atoms with van der Waals surface area (Å²) in [5, 5.41) is 9.11. The molecule has 4 nitrogen and oxygen atoms in total. The zero-order valence-electron chi connectivity index (χ0n) is 11.4. The highest BCUT2D eigenvalue weighted by molar-refractivity contribution is 5.99. The van der Waals surface area contributed by atoms with Crippen LogP contribution in [0.2, 0.25) is 0 Å². The van der Waals surface area contributed by atoms with E-state index < -0.39 is 5.97 Å². The van der Waals surface area contributed by atoms with Gasteiger partial charge in [0.1, 0.15) is 23.1 Å². The third-order valence-electron chi connectivity index (χ3n) is 2.70. The molecule has 0 aliphatic carbocycles. The van der Waals surface area contributed by atoms with E-state index in [4.69, 9.17) is 14.7 Å². The topological polar surface area (TPSA) is 59.3 Å². The molecule has 2 aromatic carbocycles. The van der Waals surface area contributed by atoms with E-state index in [-0.39, 0.29) is 5.57 Å². The molecule has 0 saturated carbocycles. The fourth-order valence-electron chi connectivity index (χ4n) is 1.69. The fourth-order valence-corrected chi connectivity index (χ4v) is 1.69. The van der Waals surface area contributed by atoms with Crippen molar-refractivity contribution >= 4 is 12.0 Å². The van der Waals surface area contributed by atoms with Gasteiger partial charge in [-0.3, -0.25) is 0 Å². The second-order valence-corrected chi connectivity index (χ2v) is 4.15. The Hall–Kier alpha value is -3.06. The van der Waals surface area contributed by atoms with Crippen LogP contribution in [-0.4, -0.2) is 13.1 Å². The molecule has 0 aromatic heterocycles. The molecule has 2 aromatic rings. The van der Waals surface area contributed by atoms with Gasteiger partial charge in [0, 0.05) is 0 Å². The number of nitrogens with zero attached hydrogens (tertiary/aromatic N) is 1. The summed E-state index contributed by atoms with van der Waals surface area (Å²) < 4.78 is 10.2. The molecule has 21 heavy (non-hydrogen) atoms. The van der Waals surface area contributed by atoms with Crippen LogP contribution in [0.4, 0.5) is 0 Å².